The molecular formula is C16H24NO. The lowest BCUT2D eigenvalue weighted by Gasteiger charge is -2.05. The minimum atomic E-state index is 0.181. The molecule has 0 spiro atoms. The third kappa shape index (κ3) is 7.10. The summed E-state index contributed by atoms with van der Waals surface area (Å²) in [5.41, 5.74) is 1.27. The maximum absolute atomic E-state index is 11.5. The second-order valence-corrected chi connectivity index (χ2v) is 4.60. The third-order valence-electron chi connectivity index (χ3n) is 2.98. The number of amides is 1. The molecule has 0 aromatic heterocycles. The highest BCUT2D eigenvalue weighted by Gasteiger charge is 2.00. The van der Waals surface area contributed by atoms with Gasteiger partial charge in [-0.15, -0.1) is 0 Å². The lowest BCUT2D eigenvalue weighted by Crippen LogP contribution is -2.25. The summed E-state index contributed by atoms with van der Waals surface area (Å²) < 4.78 is 0. The molecule has 0 heterocycles. The minimum Gasteiger partial charge on any atom is -0.356 e. The topological polar surface area (TPSA) is 29.1 Å². The molecule has 0 saturated heterocycles. The molecule has 18 heavy (non-hydrogen) atoms. The average molecular weight is 246 g/mol. The van der Waals surface area contributed by atoms with E-state index in [1.807, 2.05) is 18.2 Å². The Morgan fingerprint density at radius 1 is 1.06 bits per heavy atom. The van der Waals surface area contributed by atoms with E-state index < -0.39 is 0 Å². The van der Waals surface area contributed by atoms with Crippen molar-refractivity contribution >= 4 is 5.91 Å². The molecule has 0 saturated carbocycles. The lowest BCUT2D eigenvalue weighted by molar-refractivity contribution is -0.121. The standard InChI is InChI=1S/C16H24NO/c1-2-3-4-5-9-12-16(18)17-14-13-15-10-7-6-8-11-15/h6-8,10-11H,1-5,9,12-14H2,(H,17,18). The van der Waals surface area contributed by atoms with Crippen molar-refractivity contribution in [2.24, 2.45) is 0 Å². The molecule has 0 atom stereocenters. The first kappa shape index (κ1) is 14.7. The van der Waals surface area contributed by atoms with Gasteiger partial charge < -0.3 is 5.32 Å². The van der Waals surface area contributed by atoms with Gasteiger partial charge in [-0.1, -0.05) is 62.9 Å². The van der Waals surface area contributed by atoms with Crippen molar-refractivity contribution in [2.45, 2.75) is 44.9 Å². The van der Waals surface area contributed by atoms with Gasteiger partial charge in [-0.25, -0.2) is 0 Å². The van der Waals surface area contributed by atoms with E-state index in [9.17, 15) is 4.79 Å². The Balaban J connectivity index is 2.00. The fourth-order valence-corrected chi connectivity index (χ4v) is 1.90. The van der Waals surface area contributed by atoms with E-state index in [-0.39, 0.29) is 5.91 Å². The molecule has 1 rings (SSSR count). The molecule has 1 aromatic carbocycles. The molecule has 2 heteroatoms. The van der Waals surface area contributed by atoms with Crippen molar-refractivity contribution in [3.8, 4) is 0 Å². The summed E-state index contributed by atoms with van der Waals surface area (Å²) in [6, 6.07) is 10.2. The van der Waals surface area contributed by atoms with Crippen molar-refractivity contribution in [3.05, 3.63) is 42.8 Å². The second-order valence-electron chi connectivity index (χ2n) is 4.60. The minimum absolute atomic E-state index is 0.181. The normalized spacial score (nSPS) is 10.3. The van der Waals surface area contributed by atoms with Crippen LogP contribution in [0.25, 0.3) is 0 Å². The summed E-state index contributed by atoms with van der Waals surface area (Å²) in [4.78, 5) is 11.5. The van der Waals surface area contributed by atoms with Gasteiger partial charge in [0.15, 0.2) is 0 Å². The van der Waals surface area contributed by atoms with Crippen LogP contribution in [0.2, 0.25) is 0 Å². The molecule has 0 unspecified atom stereocenters. The largest absolute Gasteiger partial charge is 0.356 e. The second kappa shape index (κ2) is 9.69. The zero-order valence-electron chi connectivity index (χ0n) is 11.2. The summed E-state index contributed by atoms with van der Waals surface area (Å²) in [5, 5.41) is 2.97. The number of carbonyl (C=O) groups excluding carboxylic acids is 1. The van der Waals surface area contributed by atoms with E-state index in [0.717, 1.165) is 32.2 Å². The van der Waals surface area contributed by atoms with E-state index >= 15 is 0 Å². The van der Waals surface area contributed by atoms with Gasteiger partial charge in [0.1, 0.15) is 0 Å². The summed E-state index contributed by atoms with van der Waals surface area (Å²) >= 11 is 0. The SMILES string of the molecule is [CH2]CCCCCCC(=O)NCCc1ccccc1. The van der Waals surface area contributed by atoms with Crippen LogP contribution in [-0.4, -0.2) is 12.5 Å². The Morgan fingerprint density at radius 3 is 2.50 bits per heavy atom. The molecule has 0 aliphatic carbocycles. The first-order valence-electron chi connectivity index (χ1n) is 6.93. The van der Waals surface area contributed by atoms with E-state index in [1.54, 1.807) is 0 Å². The monoisotopic (exact) mass is 246 g/mol. The van der Waals surface area contributed by atoms with Gasteiger partial charge in [0.2, 0.25) is 5.91 Å². The smallest absolute Gasteiger partial charge is 0.220 e. The van der Waals surface area contributed by atoms with Gasteiger partial charge in [0.05, 0.1) is 0 Å². The maximum Gasteiger partial charge on any atom is 0.220 e. The van der Waals surface area contributed by atoms with Crippen LogP contribution in [0.3, 0.4) is 0 Å². The number of hydrogen-bond acceptors (Lipinski definition) is 1. The number of hydrogen-bond donors (Lipinski definition) is 1. The number of carbonyl (C=O) groups is 1. The molecule has 2 nitrogen and oxygen atoms in total. The van der Waals surface area contributed by atoms with Crippen molar-refractivity contribution in [1.29, 1.82) is 0 Å². The Bertz CT molecular complexity index is 321. The number of rotatable bonds is 9. The first-order valence-corrected chi connectivity index (χ1v) is 6.93. The highest BCUT2D eigenvalue weighted by atomic mass is 16.1. The molecule has 99 valence electrons. The molecule has 1 N–H and O–H groups in total. The summed E-state index contributed by atoms with van der Waals surface area (Å²) in [7, 11) is 0. The first-order chi connectivity index (χ1) is 8.83. The van der Waals surface area contributed by atoms with Gasteiger partial charge in [-0.05, 0) is 18.4 Å². The Kier molecular flexibility index (Phi) is 7.94. The highest BCUT2D eigenvalue weighted by Crippen LogP contribution is 2.04. The van der Waals surface area contributed by atoms with Crippen molar-refractivity contribution in [3.63, 3.8) is 0 Å². The summed E-state index contributed by atoms with van der Waals surface area (Å²) in [5.74, 6) is 0.181. The van der Waals surface area contributed by atoms with E-state index in [4.69, 9.17) is 0 Å². The quantitative estimate of drug-likeness (QED) is 0.664. The van der Waals surface area contributed by atoms with Gasteiger partial charge in [0, 0.05) is 13.0 Å². The fourth-order valence-electron chi connectivity index (χ4n) is 1.90. The van der Waals surface area contributed by atoms with Crippen LogP contribution >= 0.6 is 0 Å². The van der Waals surface area contributed by atoms with Gasteiger partial charge >= 0.3 is 0 Å². The van der Waals surface area contributed by atoms with Gasteiger partial charge in [-0.2, -0.15) is 0 Å². The number of unbranched alkanes of at least 4 members (excludes halogenated alkanes) is 4. The van der Waals surface area contributed by atoms with Crippen LogP contribution in [-0.2, 0) is 11.2 Å². The van der Waals surface area contributed by atoms with Crippen LogP contribution in [0.5, 0.6) is 0 Å². The summed E-state index contributed by atoms with van der Waals surface area (Å²) in [6.45, 7) is 4.55. The molecule has 1 radical (unpaired) electrons. The van der Waals surface area contributed by atoms with E-state index in [0.29, 0.717) is 6.42 Å². The molecule has 0 fully saturated rings. The maximum atomic E-state index is 11.5. The summed E-state index contributed by atoms with van der Waals surface area (Å²) in [6.07, 6.45) is 7.08. The molecule has 1 amide bonds. The molecule has 0 aliphatic heterocycles. The van der Waals surface area contributed by atoms with Crippen LogP contribution < -0.4 is 5.32 Å². The van der Waals surface area contributed by atoms with E-state index in [1.165, 1.54) is 18.4 Å². The van der Waals surface area contributed by atoms with Gasteiger partial charge in [-0.3, -0.25) is 4.79 Å². The van der Waals surface area contributed by atoms with Crippen LogP contribution in [0.1, 0.15) is 44.1 Å². The predicted octanol–water partition coefficient (Wildman–Crippen LogP) is 3.52. The molecular weight excluding hydrogens is 222 g/mol. The lowest BCUT2D eigenvalue weighted by atomic mass is 10.1. The Morgan fingerprint density at radius 2 is 1.78 bits per heavy atom. The molecule has 1 aromatic rings. The number of benzene rings is 1. The van der Waals surface area contributed by atoms with Crippen molar-refractivity contribution < 1.29 is 4.79 Å². The van der Waals surface area contributed by atoms with Crippen LogP contribution in [0.15, 0.2) is 30.3 Å². The zero-order chi connectivity index (χ0) is 13.1. The van der Waals surface area contributed by atoms with Crippen LogP contribution in [0.4, 0.5) is 0 Å². The molecule has 0 bridgehead atoms. The number of nitrogens with one attached hydrogen (secondary N) is 1. The highest BCUT2D eigenvalue weighted by molar-refractivity contribution is 5.75. The van der Waals surface area contributed by atoms with E-state index in [2.05, 4.69) is 24.4 Å². The zero-order valence-corrected chi connectivity index (χ0v) is 11.2. The Hall–Kier alpha value is -1.31. The fraction of sp³-hybridized carbons (Fsp3) is 0.500. The Labute approximate surface area is 111 Å². The predicted molar refractivity (Wildman–Crippen MR) is 76.2 cm³/mol. The third-order valence-corrected chi connectivity index (χ3v) is 2.98. The van der Waals surface area contributed by atoms with Crippen molar-refractivity contribution in [2.75, 3.05) is 6.54 Å². The van der Waals surface area contributed by atoms with Gasteiger partial charge in [0.25, 0.3) is 0 Å². The molecule has 0 aliphatic rings. The van der Waals surface area contributed by atoms with Crippen molar-refractivity contribution in [1.82, 2.24) is 5.32 Å². The average Bonchev–Trinajstić information content (AvgIpc) is 2.40. The van der Waals surface area contributed by atoms with Crippen LogP contribution in [0, 0.1) is 6.92 Å².